The predicted molar refractivity (Wildman–Crippen MR) is 141 cm³/mol. The molecule has 1 N–H and O–H groups in total. The number of aromatic nitrogens is 1. The number of anilines is 4. The Morgan fingerprint density at radius 1 is 1.06 bits per heavy atom. The molecule has 0 unspecified atom stereocenters. The molecule has 2 aromatic carbocycles. The van der Waals surface area contributed by atoms with Crippen molar-refractivity contribution in [3.05, 3.63) is 72.1 Å². The van der Waals surface area contributed by atoms with E-state index in [1.807, 2.05) is 0 Å². The zero-order valence-corrected chi connectivity index (χ0v) is 20.8. The lowest BCUT2D eigenvalue weighted by molar-refractivity contribution is 0.0601. The van der Waals surface area contributed by atoms with Crippen LogP contribution in [-0.2, 0) is 11.2 Å². The van der Waals surface area contributed by atoms with Crippen molar-refractivity contribution in [2.75, 3.05) is 56.0 Å². The van der Waals surface area contributed by atoms with Gasteiger partial charge in [0.2, 0.25) is 0 Å². The molecule has 5 rings (SSSR count). The highest BCUT2D eigenvalue weighted by Gasteiger charge is 2.15. The van der Waals surface area contributed by atoms with E-state index in [0.29, 0.717) is 11.3 Å². The molecule has 0 aliphatic carbocycles. The van der Waals surface area contributed by atoms with Crippen molar-refractivity contribution in [1.82, 2.24) is 4.98 Å². The van der Waals surface area contributed by atoms with Gasteiger partial charge in [0.05, 0.1) is 31.2 Å². The molecule has 7 heteroatoms. The van der Waals surface area contributed by atoms with E-state index in [2.05, 4.69) is 74.3 Å². The Morgan fingerprint density at radius 3 is 2.51 bits per heavy atom. The third kappa shape index (κ3) is 5.85. The van der Waals surface area contributed by atoms with Crippen LogP contribution in [-0.4, -0.2) is 51.9 Å². The van der Waals surface area contributed by atoms with Crippen LogP contribution in [0, 0.1) is 0 Å². The molecule has 2 aliphatic heterocycles. The molecule has 2 aliphatic rings. The fourth-order valence-corrected chi connectivity index (χ4v) is 4.43. The summed E-state index contributed by atoms with van der Waals surface area (Å²) in [5.41, 5.74) is 6.23. The van der Waals surface area contributed by atoms with E-state index in [0.717, 1.165) is 25.2 Å². The summed E-state index contributed by atoms with van der Waals surface area (Å²) >= 11 is 0. The fourth-order valence-electron chi connectivity index (χ4n) is 4.43. The van der Waals surface area contributed by atoms with Crippen molar-refractivity contribution >= 4 is 28.7 Å². The number of ether oxygens (including phenoxy) is 2. The minimum atomic E-state index is -0.359. The molecular weight excluding hydrogens is 440 g/mol. The topological polar surface area (TPSA) is 66.9 Å². The molecule has 3 heterocycles. The van der Waals surface area contributed by atoms with Gasteiger partial charge in [-0.3, -0.25) is 4.98 Å². The quantitative estimate of drug-likeness (QED) is 0.504. The zero-order valence-electron chi connectivity index (χ0n) is 20.8. The van der Waals surface area contributed by atoms with E-state index in [-0.39, 0.29) is 5.97 Å². The lowest BCUT2D eigenvalue weighted by atomic mass is 10.1. The molecule has 35 heavy (non-hydrogen) atoms. The average molecular weight is 475 g/mol. The van der Waals surface area contributed by atoms with Gasteiger partial charge in [-0.2, -0.15) is 0 Å². The van der Waals surface area contributed by atoms with E-state index in [4.69, 9.17) is 4.74 Å². The van der Waals surface area contributed by atoms with Gasteiger partial charge in [-0.1, -0.05) is 6.07 Å². The Kier molecular flexibility index (Phi) is 8.08. The van der Waals surface area contributed by atoms with Crippen molar-refractivity contribution < 1.29 is 14.3 Å². The Bertz CT molecular complexity index is 1130. The number of fused-ring (bicyclic) bond motifs is 1. The number of esters is 1. The van der Waals surface area contributed by atoms with Crippen LogP contribution in [0.2, 0.25) is 0 Å². The Labute approximate surface area is 207 Å². The van der Waals surface area contributed by atoms with Crippen LogP contribution < -0.4 is 19.9 Å². The average Bonchev–Trinajstić information content (AvgIpc) is 3.47. The largest absolute Gasteiger partial charge is 0.493 e. The number of methoxy groups -OCH3 is 1. The summed E-state index contributed by atoms with van der Waals surface area (Å²) in [4.78, 5) is 19.7. The van der Waals surface area contributed by atoms with Gasteiger partial charge < -0.3 is 24.6 Å². The maximum absolute atomic E-state index is 11.1. The van der Waals surface area contributed by atoms with Crippen LogP contribution in [0.25, 0.3) is 0 Å². The molecule has 0 radical (unpaired) electrons. The molecule has 7 nitrogen and oxygen atoms in total. The highest BCUT2D eigenvalue weighted by atomic mass is 16.5. The van der Waals surface area contributed by atoms with Gasteiger partial charge in [-0.05, 0) is 67.6 Å². The second-order valence-electron chi connectivity index (χ2n) is 8.68. The molecule has 0 amide bonds. The van der Waals surface area contributed by atoms with Crippen molar-refractivity contribution in [2.45, 2.75) is 25.7 Å². The smallest absolute Gasteiger partial charge is 0.340 e. The Balaban J connectivity index is 0.000000204. The highest BCUT2D eigenvalue weighted by molar-refractivity contribution is 5.95. The molecule has 1 aromatic heterocycles. The summed E-state index contributed by atoms with van der Waals surface area (Å²) in [6, 6.07) is 17.1. The minimum absolute atomic E-state index is 0.359. The SMILES string of the molecule is CN(c1ccc(N2CCCC2)cc1)c1ccc2c(c1)OCCC2.CNc1cnccc1C(=O)OC. The first-order chi connectivity index (χ1) is 17.1. The molecule has 0 saturated carbocycles. The van der Waals surface area contributed by atoms with Crippen molar-refractivity contribution in [1.29, 1.82) is 0 Å². The fraction of sp³-hybridized carbons (Fsp3) is 0.357. The zero-order chi connectivity index (χ0) is 24.6. The van der Waals surface area contributed by atoms with Crippen molar-refractivity contribution in [3.63, 3.8) is 0 Å². The van der Waals surface area contributed by atoms with Crippen LogP contribution in [0.5, 0.6) is 5.75 Å². The van der Waals surface area contributed by atoms with Crippen LogP contribution in [0.1, 0.15) is 35.2 Å². The van der Waals surface area contributed by atoms with Crippen LogP contribution >= 0.6 is 0 Å². The number of hydrogen-bond donors (Lipinski definition) is 1. The number of benzene rings is 2. The summed E-state index contributed by atoms with van der Waals surface area (Å²) in [6.07, 6.45) is 8.01. The lowest BCUT2D eigenvalue weighted by Gasteiger charge is -2.24. The number of pyridine rings is 1. The monoisotopic (exact) mass is 474 g/mol. The lowest BCUT2D eigenvalue weighted by Crippen LogP contribution is -2.17. The second kappa shape index (κ2) is 11.6. The Hall–Kier alpha value is -3.74. The summed E-state index contributed by atoms with van der Waals surface area (Å²) in [6.45, 7) is 3.22. The highest BCUT2D eigenvalue weighted by Crippen LogP contribution is 2.33. The third-order valence-electron chi connectivity index (χ3n) is 6.49. The van der Waals surface area contributed by atoms with Gasteiger partial charge in [0, 0.05) is 56.5 Å². The van der Waals surface area contributed by atoms with Crippen LogP contribution in [0.3, 0.4) is 0 Å². The first-order valence-corrected chi connectivity index (χ1v) is 12.1. The van der Waals surface area contributed by atoms with E-state index < -0.39 is 0 Å². The van der Waals surface area contributed by atoms with Gasteiger partial charge in [0.15, 0.2) is 0 Å². The molecule has 184 valence electrons. The third-order valence-corrected chi connectivity index (χ3v) is 6.49. The molecule has 1 fully saturated rings. The minimum Gasteiger partial charge on any atom is -0.493 e. The maximum Gasteiger partial charge on any atom is 0.340 e. The number of nitrogens with one attached hydrogen (secondary N) is 1. The van der Waals surface area contributed by atoms with Gasteiger partial charge in [0.25, 0.3) is 0 Å². The molecule has 3 aromatic rings. The maximum atomic E-state index is 11.1. The summed E-state index contributed by atoms with van der Waals surface area (Å²) < 4.78 is 10.4. The van der Waals surface area contributed by atoms with E-state index in [1.54, 1.807) is 25.5 Å². The van der Waals surface area contributed by atoms with Gasteiger partial charge in [-0.15, -0.1) is 0 Å². The molecular formula is C28H34N4O3. The molecule has 0 bridgehead atoms. The van der Waals surface area contributed by atoms with E-state index in [9.17, 15) is 4.79 Å². The number of hydrogen-bond acceptors (Lipinski definition) is 7. The second-order valence-corrected chi connectivity index (χ2v) is 8.68. The molecule has 1 saturated heterocycles. The van der Waals surface area contributed by atoms with Gasteiger partial charge in [0.1, 0.15) is 5.75 Å². The van der Waals surface area contributed by atoms with E-state index in [1.165, 1.54) is 55.7 Å². The van der Waals surface area contributed by atoms with Crippen molar-refractivity contribution in [2.24, 2.45) is 0 Å². The number of carbonyl (C=O) groups excluding carboxylic acids is 1. The normalized spacial score (nSPS) is 14.2. The van der Waals surface area contributed by atoms with Crippen LogP contribution in [0.4, 0.5) is 22.7 Å². The summed E-state index contributed by atoms with van der Waals surface area (Å²) in [7, 11) is 5.20. The number of rotatable bonds is 5. The Morgan fingerprint density at radius 2 is 1.80 bits per heavy atom. The number of aryl methyl sites for hydroxylation is 1. The summed E-state index contributed by atoms with van der Waals surface area (Å²) in [5.74, 6) is 0.691. The molecule has 0 spiro atoms. The number of nitrogens with zero attached hydrogens (tertiary/aromatic N) is 3. The van der Waals surface area contributed by atoms with Gasteiger partial charge >= 0.3 is 5.97 Å². The van der Waals surface area contributed by atoms with Crippen LogP contribution in [0.15, 0.2) is 60.9 Å². The first-order valence-electron chi connectivity index (χ1n) is 12.1. The van der Waals surface area contributed by atoms with E-state index >= 15 is 0 Å². The standard InChI is InChI=1S/C20H24N2O.C8H10N2O2/c1-21(19-7-6-16-5-4-14-23-20(16)15-19)17-8-10-18(11-9-17)22-12-2-3-13-22;1-9-7-5-10-4-3-6(7)8(11)12-2/h6-11,15H,2-5,12-14H2,1H3;3-5,9H,1-2H3. The summed E-state index contributed by atoms with van der Waals surface area (Å²) in [5, 5.41) is 2.85. The predicted octanol–water partition coefficient (Wildman–Crippen LogP) is 5.29. The first kappa shape index (κ1) is 24.4. The van der Waals surface area contributed by atoms with Crippen molar-refractivity contribution in [3.8, 4) is 5.75 Å². The molecule has 0 atom stereocenters. The number of carbonyl (C=O) groups is 1. The van der Waals surface area contributed by atoms with Gasteiger partial charge in [-0.25, -0.2) is 4.79 Å².